The maximum Gasteiger partial charge on any atom is 0.165 e. The highest BCUT2D eigenvalue weighted by Gasteiger charge is 2.15. The molecule has 0 heterocycles. The Kier molecular flexibility index (Phi) is 6.34. The van der Waals surface area contributed by atoms with Crippen molar-refractivity contribution in [3.05, 3.63) is 23.8 Å². The van der Waals surface area contributed by atoms with Crippen LogP contribution in [0.15, 0.2) is 18.2 Å². The van der Waals surface area contributed by atoms with E-state index in [1.54, 1.807) is 7.11 Å². The minimum atomic E-state index is 0.0804. The molecule has 3 nitrogen and oxygen atoms in total. The third kappa shape index (κ3) is 5.41. The lowest BCUT2D eigenvalue weighted by atomic mass is 10.1. The largest absolute Gasteiger partial charge is 0.493 e. The molecular weight excluding hydrogens is 250 g/mol. The van der Waals surface area contributed by atoms with Gasteiger partial charge in [-0.3, -0.25) is 0 Å². The van der Waals surface area contributed by atoms with Crippen molar-refractivity contribution in [3.8, 4) is 11.5 Å². The molecule has 1 atom stereocenters. The Morgan fingerprint density at radius 3 is 2.50 bits per heavy atom. The van der Waals surface area contributed by atoms with Crippen LogP contribution in [0.3, 0.4) is 0 Å². The zero-order valence-corrected chi connectivity index (χ0v) is 13.7. The zero-order valence-electron chi connectivity index (χ0n) is 13.7. The Balaban J connectivity index is 2.86. The van der Waals surface area contributed by atoms with E-state index in [0.717, 1.165) is 36.6 Å². The van der Waals surface area contributed by atoms with E-state index in [1.165, 1.54) is 0 Å². The van der Waals surface area contributed by atoms with Gasteiger partial charge in [-0.15, -0.1) is 0 Å². The van der Waals surface area contributed by atoms with E-state index >= 15 is 0 Å². The fourth-order valence-electron chi connectivity index (χ4n) is 1.73. The topological polar surface area (TPSA) is 30.5 Å². The molecule has 0 spiro atoms. The van der Waals surface area contributed by atoms with Crippen LogP contribution in [0.4, 0.5) is 0 Å². The van der Waals surface area contributed by atoms with Crippen LogP contribution in [0.2, 0.25) is 0 Å². The van der Waals surface area contributed by atoms with Crippen LogP contribution in [0.5, 0.6) is 11.5 Å². The summed E-state index contributed by atoms with van der Waals surface area (Å²) < 4.78 is 11.4. The lowest BCUT2D eigenvalue weighted by Crippen LogP contribution is -2.35. The van der Waals surface area contributed by atoms with Gasteiger partial charge in [0.1, 0.15) is 0 Å². The monoisotopic (exact) mass is 279 g/mol. The van der Waals surface area contributed by atoms with E-state index in [-0.39, 0.29) is 5.54 Å². The zero-order chi connectivity index (χ0) is 15.2. The van der Waals surface area contributed by atoms with Crippen molar-refractivity contribution in [3.63, 3.8) is 0 Å². The normalized spacial score (nSPS) is 13.1. The third-order valence-electron chi connectivity index (χ3n) is 3.30. The fourth-order valence-corrected chi connectivity index (χ4v) is 1.73. The summed E-state index contributed by atoms with van der Waals surface area (Å²) >= 11 is 0. The summed E-state index contributed by atoms with van der Waals surface area (Å²) in [6.07, 6.45) is 1.12. The van der Waals surface area contributed by atoms with Crippen molar-refractivity contribution in [1.82, 2.24) is 5.32 Å². The molecule has 0 aliphatic heterocycles. The molecule has 0 aliphatic rings. The maximum absolute atomic E-state index is 6.01. The van der Waals surface area contributed by atoms with Crippen molar-refractivity contribution in [2.24, 2.45) is 5.92 Å². The van der Waals surface area contributed by atoms with E-state index < -0.39 is 0 Å². The first-order chi connectivity index (χ1) is 9.37. The van der Waals surface area contributed by atoms with Crippen LogP contribution in [0, 0.1) is 5.92 Å². The van der Waals surface area contributed by atoms with E-state index in [9.17, 15) is 0 Å². The first-order valence-corrected chi connectivity index (χ1v) is 7.41. The standard InChI is InChI=1S/C17H29NO2/c1-7-13(2)12-20-16-14(11-18-17(3,4)5)9-8-10-15(16)19-6/h8-10,13,18H,7,11-12H2,1-6H3. The molecule has 0 saturated heterocycles. The summed E-state index contributed by atoms with van der Waals surface area (Å²) in [6.45, 7) is 12.4. The van der Waals surface area contributed by atoms with Gasteiger partial charge >= 0.3 is 0 Å². The van der Waals surface area contributed by atoms with Gasteiger partial charge in [0, 0.05) is 17.6 Å². The molecule has 0 radical (unpaired) electrons. The van der Waals surface area contributed by atoms with Crippen LogP contribution in [0.25, 0.3) is 0 Å². The summed E-state index contributed by atoms with van der Waals surface area (Å²) in [6, 6.07) is 6.05. The van der Waals surface area contributed by atoms with Gasteiger partial charge in [0.15, 0.2) is 11.5 Å². The first kappa shape index (κ1) is 16.8. The number of methoxy groups -OCH3 is 1. The van der Waals surface area contributed by atoms with E-state index in [1.807, 2.05) is 12.1 Å². The minimum absolute atomic E-state index is 0.0804. The molecule has 114 valence electrons. The van der Waals surface area contributed by atoms with Crippen LogP contribution in [0.1, 0.15) is 46.6 Å². The molecule has 0 aromatic heterocycles. The Bertz CT molecular complexity index is 410. The Hall–Kier alpha value is -1.22. The number of nitrogens with one attached hydrogen (secondary N) is 1. The number of hydrogen-bond acceptors (Lipinski definition) is 3. The van der Waals surface area contributed by atoms with Gasteiger partial charge in [0.25, 0.3) is 0 Å². The van der Waals surface area contributed by atoms with Gasteiger partial charge in [-0.1, -0.05) is 32.4 Å². The van der Waals surface area contributed by atoms with Gasteiger partial charge in [0.05, 0.1) is 13.7 Å². The number of para-hydroxylation sites is 1. The molecule has 1 unspecified atom stereocenters. The van der Waals surface area contributed by atoms with Gasteiger partial charge in [-0.25, -0.2) is 0 Å². The second-order valence-corrected chi connectivity index (χ2v) is 6.38. The van der Waals surface area contributed by atoms with Gasteiger partial charge in [-0.2, -0.15) is 0 Å². The molecule has 1 aromatic carbocycles. The number of benzene rings is 1. The highest BCUT2D eigenvalue weighted by atomic mass is 16.5. The average molecular weight is 279 g/mol. The third-order valence-corrected chi connectivity index (χ3v) is 3.30. The maximum atomic E-state index is 6.01. The molecule has 3 heteroatoms. The Morgan fingerprint density at radius 1 is 1.25 bits per heavy atom. The number of hydrogen-bond donors (Lipinski definition) is 1. The second-order valence-electron chi connectivity index (χ2n) is 6.38. The molecule has 0 saturated carbocycles. The Morgan fingerprint density at radius 2 is 1.95 bits per heavy atom. The van der Waals surface area contributed by atoms with Crippen molar-refractivity contribution >= 4 is 0 Å². The van der Waals surface area contributed by atoms with Crippen LogP contribution < -0.4 is 14.8 Å². The van der Waals surface area contributed by atoms with Crippen molar-refractivity contribution in [2.45, 2.75) is 53.1 Å². The predicted molar refractivity (Wildman–Crippen MR) is 84.5 cm³/mol. The van der Waals surface area contributed by atoms with Crippen LogP contribution in [-0.4, -0.2) is 19.3 Å². The van der Waals surface area contributed by atoms with E-state index in [2.05, 4.69) is 46.0 Å². The molecule has 1 N–H and O–H groups in total. The van der Waals surface area contributed by atoms with Crippen molar-refractivity contribution in [2.75, 3.05) is 13.7 Å². The van der Waals surface area contributed by atoms with Gasteiger partial charge in [0.2, 0.25) is 0 Å². The van der Waals surface area contributed by atoms with Crippen molar-refractivity contribution in [1.29, 1.82) is 0 Å². The van der Waals surface area contributed by atoms with Gasteiger partial charge in [-0.05, 0) is 32.8 Å². The fraction of sp³-hybridized carbons (Fsp3) is 0.647. The molecule has 0 amide bonds. The van der Waals surface area contributed by atoms with Crippen molar-refractivity contribution < 1.29 is 9.47 Å². The molecule has 0 aliphatic carbocycles. The molecule has 1 rings (SSSR count). The summed E-state index contributed by atoms with van der Waals surface area (Å²) in [4.78, 5) is 0. The first-order valence-electron chi connectivity index (χ1n) is 7.41. The smallest absolute Gasteiger partial charge is 0.165 e. The van der Waals surface area contributed by atoms with E-state index in [0.29, 0.717) is 5.92 Å². The summed E-state index contributed by atoms with van der Waals surface area (Å²) in [5, 5.41) is 3.50. The quantitative estimate of drug-likeness (QED) is 0.818. The summed E-state index contributed by atoms with van der Waals surface area (Å²) in [5.41, 5.74) is 1.22. The highest BCUT2D eigenvalue weighted by Crippen LogP contribution is 2.31. The lowest BCUT2D eigenvalue weighted by Gasteiger charge is -2.23. The number of ether oxygens (including phenoxy) is 2. The Labute approximate surface area is 123 Å². The van der Waals surface area contributed by atoms with E-state index in [4.69, 9.17) is 9.47 Å². The SMILES string of the molecule is CCC(C)COc1c(CNC(C)(C)C)cccc1OC. The minimum Gasteiger partial charge on any atom is -0.493 e. The van der Waals surface area contributed by atoms with Crippen LogP contribution in [-0.2, 0) is 6.54 Å². The molecule has 20 heavy (non-hydrogen) atoms. The average Bonchev–Trinajstić information content (AvgIpc) is 2.41. The summed E-state index contributed by atoms with van der Waals surface area (Å²) in [7, 11) is 1.69. The molecule has 1 aromatic rings. The second kappa shape index (κ2) is 7.53. The molecule has 0 fully saturated rings. The number of rotatable bonds is 7. The molecular formula is C17H29NO2. The summed E-state index contributed by atoms with van der Waals surface area (Å²) in [5.74, 6) is 2.22. The predicted octanol–water partition coefficient (Wildman–Crippen LogP) is 4.01. The molecule has 0 bridgehead atoms. The van der Waals surface area contributed by atoms with Crippen LogP contribution >= 0.6 is 0 Å². The van der Waals surface area contributed by atoms with Gasteiger partial charge < -0.3 is 14.8 Å². The highest BCUT2D eigenvalue weighted by molar-refractivity contribution is 5.46. The lowest BCUT2D eigenvalue weighted by molar-refractivity contribution is 0.241.